The van der Waals surface area contributed by atoms with Gasteiger partial charge in [0, 0.05) is 26.2 Å². The largest absolute Gasteiger partial charge is 0.464 e. The molecule has 0 radical (unpaired) electrons. The van der Waals surface area contributed by atoms with Crippen molar-refractivity contribution in [2.24, 2.45) is 11.7 Å². The van der Waals surface area contributed by atoms with Crippen molar-refractivity contribution in [3.8, 4) is 0 Å². The van der Waals surface area contributed by atoms with E-state index in [-0.39, 0.29) is 11.4 Å². The lowest BCUT2D eigenvalue weighted by molar-refractivity contribution is 0.356. The van der Waals surface area contributed by atoms with Crippen LogP contribution in [-0.4, -0.2) is 51.4 Å². The minimum Gasteiger partial charge on any atom is -0.464 e. The van der Waals surface area contributed by atoms with E-state index in [9.17, 15) is 8.42 Å². The van der Waals surface area contributed by atoms with Crippen molar-refractivity contribution in [2.75, 3.05) is 33.7 Å². The number of sulfonamides is 1. The van der Waals surface area contributed by atoms with Crippen LogP contribution < -0.4 is 5.73 Å². The quantitative estimate of drug-likeness (QED) is 0.862. The highest BCUT2D eigenvalue weighted by Crippen LogP contribution is 2.24. The second kappa shape index (κ2) is 5.85. The summed E-state index contributed by atoms with van der Waals surface area (Å²) in [6.07, 6.45) is 1.04. The maximum absolute atomic E-state index is 12.6. The maximum atomic E-state index is 12.6. The summed E-state index contributed by atoms with van der Waals surface area (Å²) >= 11 is 0. The topological polar surface area (TPSA) is 79.8 Å². The first kappa shape index (κ1) is 15.5. The van der Waals surface area contributed by atoms with E-state index in [0.717, 1.165) is 19.5 Å². The lowest BCUT2D eigenvalue weighted by atomic mass is 10.1. The minimum absolute atomic E-state index is 0.202. The molecule has 1 aromatic rings. The van der Waals surface area contributed by atoms with E-state index in [1.54, 1.807) is 14.0 Å². The number of hydrogen-bond acceptors (Lipinski definition) is 5. The Morgan fingerprint density at radius 1 is 1.55 bits per heavy atom. The third-order valence-corrected chi connectivity index (χ3v) is 5.75. The smallest absolute Gasteiger partial charge is 0.246 e. The molecule has 6 nitrogen and oxygen atoms in total. The van der Waals surface area contributed by atoms with Gasteiger partial charge in [-0.25, -0.2) is 12.7 Å². The van der Waals surface area contributed by atoms with Crippen molar-refractivity contribution in [3.05, 3.63) is 17.6 Å². The molecular weight excluding hydrogens is 278 g/mol. The van der Waals surface area contributed by atoms with Gasteiger partial charge in [0.1, 0.15) is 16.4 Å². The Morgan fingerprint density at radius 2 is 2.25 bits per heavy atom. The third kappa shape index (κ3) is 3.06. The Morgan fingerprint density at radius 3 is 2.75 bits per heavy atom. The summed E-state index contributed by atoms with van der Waals surface area (Å²) in [5, 5.41) is 0. The van der Waals surface area contributed by atoms with Crippen LogP contribution in [0.5, 0.6) is 0 Å². The van der Waals surface area contributed by atoms with Crippen LogP contribution in [0.1, 0.15) is 17.9 Å². The number of nitrogens with zero attached hydrogens (tertiary/aromatic N) is 2. The zero-order valence-corrected chi connectivity index (χ0v) is 13.1. The zero-order chi connectivity index (χ0) is 14.9. The van der Waals surface area contributed by atoms with Gasteiger partial charge >= 0.3 is 0 Å². The van der Waals surface area contributed by atoms with Crippen LogP contribution in [0.3, 0.4) is 0 Å². The Balaban J connectivity index is 2.14. The summed E-state index contributed by atoms with van der Waals surface area (Å²) in [5.74, 6) is 1.29. The van der Waals surface area contributed by atoms with E-state index >= 15 is 0 Å². The van der Waals surface area contributed by atoms with Crippen LogP contribution in [0.15, 0.2) is 15.4 Å². The molecule has 1 atom stereocenters. The van der Waals surface area contributed by atoms with E-state index in [1.165, 1.54) is 10.4 Å². The highest BCUT2D eigenvalue weighted by atomic mass is 32.2. The molecule has 0 aliphatic carbocycles. The Hall–Kier alpha value is -0.890. The number of nitrogens with two attached hydrogens (primary N) is 1. The molecule has 7 heteroatoms. The summed E-state index contributed by atoms with van der Waals surface area (Å²) in [4.78, 5) is 2.45. The van der Waals surface area contributed by atoms with Crippen LogP contribution in [0.2, 0.25) is 0 Å². The molecule has 0 bridgehead atoms. The molecule has 0 saturated carbocycles. The Labute approximate surface area is 120 Å². The van der Waals surface area contributed by atoms with E-state index in [0.29, 0.717) is 24.0 Å². The Kier molecular flexibility index (Phi) is 4.53. The van der Waals surface area contributed by atoms with Gasteiger partial charge in [0.15, 0.2) is 0 Å². The molecule has 1 fully saturated rings. The summed E-state index contributed by atoms with van der Waals surface area (Å²) in [5.41, 5.74) is 5.49. The fraction of sp³-hybridized carbons (Fsp3) is 0.692. The first-order chi connectivity index (χ1) is 9.34. The highest BCUT2D eigenvalue weighted by molar-refractivity contribution is 7.89. The maximum Gasteiger partial charge on any atom is 0.246 e. The third-order valence-electron chi connectivity index (χ3n) is 3.82. The minimum atomic E-state index is -3.50. The van der Waals surface area contributed by atoms with Gasteiger partial charge in [-0.05, 0) is 32.9 Å². The van der Waals surface area contributed by atoms with Gasteiger partial charge in [-0.1, -0.05) is 0 Å². The first-order valence-corrected chi connectivity index (χ1v) is 8.23. The summed E-state index contributed by atoms with van der Waals surface area (Å²) in [6.45, 7) is 4.37. The molecule has 2 N–H and O–H groups in total. The summed E-state index contributed by atoms with van der Waals surface area (Å²) in [7, 11) is 0.187. The average Bonchev–Trinajstić information content (AvgIpc) is 2.95. The molecule has 1 saturated heterocycles. The number of likely N-dealkylation sites (tertiary alicyclic amines) is 1. The Bertz CT molecular complexity index is 567. The fourth-order valence-corrected chi connectivity index (χ4v) is 4.11. The molecule has 20 heavy (non-hydrogen) atoms. The van der Waals surface area contributed by atoms with Crippen molar-refractivity contribution >= 4 is 10.0 Å². The van der Waals surface area contributed by atoms with E-state index < -0.39 is 10.0 Å². The standard InChI is InChI=1S/C13H23N3O3S/c1-10-13(6-12(7-14)19-10)20(17,18)16(3)9-11-4-5-15(2)8-11/h6,11H,4-5,7-9,14H2,1-3H3. The molecule has 1 aromatic heterocycles. The van der Waals surface area contributed by atoms with E-state index in [1.807, 2.05) is 0 Å². The predicted octanol–water partition coefficient (Wildman–Crippen LogP) is 0.619. The molecular formula is C13H23N3O3S. The van der Waals surface area contributed by atoms with Crippen molar-refractivity contribution in [1.82, 2.24) is 9.21 Å². The van der Waals surface area contributed by atoms with Crippen LogP contribution in [0, 0.1) is 12.8 Å². The number of rotatable bonds is 5. The molecule has 2 rings (SSSR count). The van der Waals surface area contributed by atoms with E-state index in [2.05, 4.69) is 11.9 Å². The molecule has 114 valence electrons. The first-order valence-electron chi connectivity index (χ1n) is 6.79. The second-order valence-corrected chi connectivity index (χ2v) is 7.55. The molecule has 0 amide bonds. The van der Waals surface area contributed by atoms with E-state index in [4.69, 9.17) is 10.2 Å². The van der Waals surface area contributed by atoms with Gasteiger partial charge in [0.05, 0.1) is 6.54 Å². The molecule has 1 aliphatic rings. The van der Waals surface area contributed by atoms with Crippen LogP contribution in [-0.2, 0) is 16.6 Å². The number of hydrogen-bond donors (Lipinski definition) is 1. The highest BCUT2D eigenvalue weighted by Gasteiger charge is 2.29. The SMILES string of the molecule is Cc1oc(CN)cc1S(=O)(=O)N(C)CC1CCN(C)C1. The number of aryl methyl sites for hydroxylation is 1. The van der Waals surface area contributed by atoms with Crippen molar-refractivity contribution in [1.29, 1.82) is 0 Å². The van der Waals surface area contributed by atoms with Crippen molar-refractivity contribution in [2.45, 2.75) is 24.8 Å². The lowest BCUT2D eigenvalue weighted by Crippen LogP contribution is -2.33. The van der Waals surface area contributed by atoms with Gasteiger partial charge < -0.3 is 15.1 Å². The molecule has 0 spiro atoms. The van der Waals surface area contributed by atoms with Crippen LogP contribution >= 0.6 is 0 Å². The van der Waals surface area contributed by atoms with Gasteiger partial charge in [0.2, 0.25) is 10.0 Å². The molecule has 2 heterocycles. The van der Waals surface area contributed by atoms with Gasteiger partial charge in [-0.2, -0.15) is 0 Å². The predicted molar refractivity (Wildman–Crippen MR) is 76.8 cm³/mol. The lowest BCUT2D eigenvalue weighted by Gasteiger charge is -2.20. The zero-order valence-electron chi connectivity index (χ0n) is 12.3. The molecule has 0 aromatic carbocycles. The molecule has 1 aliphatic heterocycles. The van der Waals surface area contributed by atoms with Crippen molar-refractivity contribution in [3.63, 3.8) is 0 Å². The summed E-state index contributed by atoms with van der Waals surface area (Å²) < 4.78 is 31.9. The van der Waals surface area contributed by atoms with Gasteiger partial charge in [-0.15, -0.1) is 0 Å². The fourth-order valence-electron chi connectivity index (χ4n) is 2.69. The summed E-state index contributed by atoms with van der Waals surface area (Å²) in [6, 6.07) is 1.53. The van der Waals surface area contributed by atoms with Crippen LogP contribution in [0.25, 0.3) is 0 Å². The molecule has 1 unspecified atom stereocenters. The van der Waals surface area contributed by atoms with Gasteiger partial charge in [0.25, 0.3) is 0 Å². The monoisotopic (exact) mass is 301 g/mol. The number of furan rings is 1. The van der Waals surface area contributed by atoms with Crippen molar-refractivity contribution < 1.29 is 12.8 Å². The van der Waals surface area contributed by atoms with Crippen LogP contribution in [0.4, 0.5) is 0 Å². The van der Waals surface area contributed by atoms with Gasteiger partial charge in [-0.3, -0.25) is 0 Å². The second-order valence-electron chi connectivity index (χ2n) is 5.54. The normalized spacial score (nSPS) is 20.9. The average molecular weight is 301 g/mol.